The normalized spacial score (nSPS) is 12.4. The maximum atomic E-state index is 5.97. The molecule has 0 saturated carbocycles. The standard InChI is InChI=1S/C16H18N6O/c1-2-12(23-9-10-6-4-3-5-7-10)11-8-19-15-13(20-11)14(17)21-16(18)22-15/h3-8,12H,2,9H2,1H3,(H4,17,18,19,21,22). The number of aromatic nitrogens is 4. The number of nitrogen functional groups attached to an aromatic ring is 2. The van der Waals surface area contributed by atoms with Gasteiger partial charge in [0.25, 0.3) is 0 Å². The van der Waals surface area contributed by atoms with Gasteiger partial charge in [-0.25, -0.2) is 9.97 Å². The molecule has 2 heterocycles. The third kappa shape index (κ3) is 3.35. The molecular formula is C16H18N6O. The van der Waals surface area contributed by atoms with Crippen molar-refractivity contribution in [2.45, 2.75) is 26.1 Å². The molecule has 0 spiro atoms. The van der Waals surface area contributed by atoms with E-state index in [1.165, 1.54) is 0 Å². The molecule has 1 unspecified atom stereocenters. The molecule has 118 valence electrons. The van der Waals surface area contributed by atoms with Gasteiger partial charge in [0.1, 0.15) is 6.10 Å². The van der Waals surface area contributed by atoms with Crippen molar-refractivity contribution < 1.29 is 4.74 Å². The average Bonchev–Trinajstić information content (AvgIpc) is 2.56. The molecule has 0 fully saturated rings. The fourth-order valence-electron chi connectivity index (χ4n) is 2.30. The molecule has 3 rings (SSSR count). The van der Waals surface area contributed by atoms with Crippen LogP contribution in [0.3, 0.4) is 0 Å². The van der Waals surface area contributed by atoms with Gasteiger partial charge in [0.15, 0.2) is 17.0 Å². The van der Waals surface area contributed by atoms with E-state index in [9.17, 15) is 0 Å². The number of anilines is 2. The largest absolute Gasteiger partial charge is 0.382 e. The SMILES string of the molecule is CCC(OCc1ccccc1)c1cnc2nc(N)nc(N)c2n1. The Balaban J connectivity index is 1.84. The van der Waals surface area contributed by atoms with Crippen molar-refractivity contribution in [1.82, 2.24) is 19.9 Å². The molecule has 0 amide bonds. The smallest absolute Gasteiger partial charge is 0.224 e. The van der Waals surface area contributed by atoms with Crippen LogP contribution in [0, 0.1) is 0 Å². The molecule has 7 nitrogen and oxygen atoms in total. The lowest BCUT2D eigenvalue weighted by Crippen LogP contribution is -2.09. The van der Waals surface area contributed by atoms with Gasteiger partial charge in [0, 0.05) is 0 Å². The Bertz CT molecular complexity index is 808. The molecule has 0 aliphatic heterocycles. The molecule has 7 heteroatoms. The average molecular weight is 310 g/mol. The summed E-state index contributed by atoms with van der Waals surface area (Å²) in [6.45, 7) is 2.54. The quantitative estimate of drug-likeness (QED) is 0.743. The van der Waals surface area contributed by atoms with Crippen LogP contribution in [0.15, 0.2) is 36.5 Å². The molecule has 23 heavy (non-hydrogen) atoms. The summed E-state index contributed by atoms with van der Waals surface area (Å²) in [6, 6.07) is 9.99. The summed E-state index contributed by atoms with van der Waals surface area (Å²) in [5, 5.41) is 0. The first-order valence-electron chi connectivity index (χ1n) is 7.38. The van der Waals surface area contributed by atoms with E-state index in [2.05, 4.69) is 19.9 Å². The van der Waals surface area contributed by atoms with Crippen LogP contribution in [0.2, 0.25) is 0 Å². The highest BCUT2D eigenvalue weighted by Crippen LogP contribution is 2.23. The molecule has 0 saturated heterocycles. The third-order valence-electron chi connectivity index (χ3n) is 3.46. The van der Waals surface area contributed by atoms with E-state index in [0.717, 1.165) is 12.0 Å². The van der Waals surface area contributed by atoms with E-state index in [1.54, 1.807) is 6.20 Å². The molecular weight excluding hydrogens is 292 g/mol. The number of benzene rings is 1. The summed E-state index contributed by atoms with van der Waals surface area (Å²) >= 11 is 0. The summed E-state index contributed by atoms with van der Waals surface area (Å²) in [5.41, 5.74) is 14.1. The number of hydrogen-bond acceptors (Lipinski definition) is 7. The molecule has 3 aromatic rings. The predicted molar refractivity (Wildman–Crippen MR) is 88.2 cm³/mol. The van der Waals surface area contributed by atoms with Crippen LogP contribution in [-0.2, 0) is 11.3 Å². The van der Waals surface area contributed by atoms with Gasteiger partial charge in [0.2, 0.25) is 5.95 Å². The molecule has 1 aromatic carbocycles. The van der Waals surface area contributed by atoms with E-state index in [4.69, 9.17) is 16.2 Å². The Morgan fingerprint density at radius 1 is 1.09 bits per heavy atom. The number of fused-ring (bicyclic) bond motifs is 1. The highest BCUT2D eigenvalue weighted by molar-refractivity contribution is 5.81. The minimum Gasteiger partial charge on any atom is -0.382 e. The highest BCUT2D eigenvalue weighted by atomic mass is 16.5. The monoisotopic (exact) mass is 310 g/mol. The Kier molecular flexibility index (Phi) is 4.29. The summed E-state index contributed by atoms with van der Waals surface area (Å²) in [5.74, 6) is 0.309. The lowest BCUT2D eigenvalue weighted by Gasteiger charge is -2.16. The number of ether oxygens (including phenoxy) is 1. The van der Waals surface area contributed by atoms with Crippen molar-refractivity contribution in [3.63, 3.8) is 0 Å². The van der Waals surface area contributed by atoms with Crippen LogP contribution in [-0.4, -0.2) is 19.9 Å². The van der Waals surface area contributed by atoms with Gasteiger partial charge in [0.05, 0.1) is 18.5 Å². The first-order valence-corrected chi connectivity index (χ1v) is 7.38. The Labute approximate surface area is 133 Å². The number of nitrogens with two attached hydrogens (primary N) is 2. The number of rotatable bonds is 5. The molecule has 2 aromatic heterocycles. The summed E-state index contributed by atoms with van der Waals surface area (Å²) < 4.78 is 5.97. The molecule has 4 N–H and O–H groups in total. The fourth-order valence-corrected chi connectivity index (χ4v) is 2.30. The summed E-state index contributed by atoms with van der Waals surface area (Å²) in [7, 11) is 0. The van der Waals surface area contributed by atoms with Crippen molar-refractivity contribution >= 4 is 22.9 Å². The van der Waals surface area contributed by atoms with Gasteiger partial charge < -0.3 is 16.2 Å². The van der Waals surface area contributed by atoms with Crippen LogP contribution >= 0.6 is 0 Å². The maximum Gasteiger partial charge on any atom is 0.224 e. The Morgan fingerprint density at radius 2 is 1.87 bits per heavy atom. The lowest BCUT2D eigenvalue weighted by atomic mass is 10.2. The van der Waals surface area contributed by atoms with Crippen LogP contribution < -0.4 is 11.5 Å². The third-order valence-corrected chi connectivity index (χ3v) is 3.46. The van der Waals surface area contributed by atoms with Gasteiger partial charge >= 0.3 is 0 Å². The predicted octanol–water partition coefficient (Wildman–Crippen LogP) is 2.25. The molecule has 1 atom stereocenters. The zero-order valence-electron chi connectivity index (χ0n) is 12.8. The first-order chi connectivity index (χ1) is 11.2. The Morgan fingerprint density at radius 3 is 2.61 bits per heavy atom. The van der Waals surface area contributed by atoms with E-state index < -0.39 is 0 Å². The topological polar surface area (TPSA) is 113 Å². The second-order valence-electron chi connectivity index (χ2n) is 5.13. The minimum absolute atomic E-state index is 0.0874. The van der Waals surface area contributed by atoms with E-state index in [1.807, 2.05) is 37.3 Å². The van der Waals surface area contributed by atoms with Crippen LogP contribution in [0.1, 0.15) is 30.7 Å². The van der Waals surface area contributed by atoms with Gasteiger partial charge in [-0.2, -0.15) is 9.97 Å². The van der Waals surface area contributed by atoms with Crippen molar-refractivity contribution in [3.05, 3.63) is 47.8 Å². The number of hydrogen-bond donors (Lipinski definition) is 2. The minimum atomic E-state index is -0.177. The molecule has 0 bridgehead atoms. The van der Waals surface area contributed by atoms with Crippen molar-refractivity contribution in [1.29, 1.82) is 0 Å². The van der Waals surface area contributed by atoms with Gasteiger partial charge in [-0.05, 0) is 12.0 Å². The van der Waals surface area contributed by atoms with Crippen molar-refractivity contribution in [2.24, 2.45) is 0 Å². The fraction of sp³-hybridized carbons (Fsp3) is 0.250. The van der Waals surface area contributed by atoms with Gasteiger partial charge in [-0.1, -0.05) is 37.3 Å². The van der Waals surface area contributed by atoms with Crippen LogP contribution in [0.25, 0.3) is 11.2 Å². The van der Waals surface area contributed by atoms with E-state index in [-0.39, 0.29) is 17.9 Å². The summed E-state index contributed by atoms with van der Waals surface area (Å²) in [6.07, 6.45) is 2.24. The van der Waals surface area contributed by atoms with E-state index >= 15 is 0 Å². The zero-order chi connectivity index (χ0) is 16.2. The maximum absolute atomic E-state index is 5.97. The lowest BCUT2D eigenvalue weighted by molar-refractivity contribution is 0.0343. The van der Waals surface area contributed by atoms with Crippen molar-refractivity contribution in [3.8, 4) is 0 Å². The number of nitrogens with zero attached hydrogens (tertiary/aromatic N) is 4. The van der Waals surface area contributed by atoms with Gasteiger partial charge in [-0.15, -0.1) is 0 Å². The molecule has 0 aliphatic rings. The first kappa shape index (κ1) is 15.1. The molecule has 0 aliphatic carbocycles. The second-order valence-corrected chi connectivity index (χ2v) is 5.13. The van der Waals surface area contributed by atoms with Crippen LogP contribution in [0.4, 0.5) is 11.8 Å². The zero-order valence-corrected chi connectivity index (χ0v) is 12.8. The molecule has 0 radical (unpaired) electrons. The van der Waals surface area contributed by atoms with Crippen molar-refractivity contribution in [2.75, 3.05) is 11.5 Å². The van der Waals surface area contributed by atoms with E-state index in [0.29, 0.717) is 23.5 Å². The highest BCUT2D eigenvalue weighted by Gasteiger charge is 2.15. The summed E-state index contributed by atoms with van der Waals surface area (Å²) in [4.78, 5) is 16.7. The van der Waals surface area contributed by atoms with Crippen LogP contribution in [0.5, 0.6) is 0 Å². The second kappa shape index (κ2) is 6.53. The Hall–Kier alpha value is -2.80. The van der Waals surface area contributed by atoms with Gasteiger partial charge in [-0.3, -0.25) is 0 Å².